The van der Waals surface area contributed by atoms with Gasteiger partial charge in [-0.05, 0) is 13.3 Å². The Labute approximate surface area is 96.4 Å². The van der Waals surface area contributed by atoms with E-state index < -0.39 is 34.6 Å². The van der Waals surface area contributed by atoms with E-state index >= 15 is 0 Å². The van der Waals surface area contributed by atoms with Gasteiger partial charge in [-0.2, -0.15) is 8.78 Å². The molecule has 0 radical (unpaired) electrons. The third-order valence-electron chi connectivity index (χ3n) is 2.60. The van der Waals surface area contributed by atoms with E-state index in [1.165, 1.54) is 6.92 Å². The van der Waals surface area contributed by atoms with Gasteiger partial charge in [-0.15, -0.1) is 0 Å². The van der Waals surface area contributed by atoms with E-state index in [0.29, 0.717) is 6.42 Å². The van der Waals surface area contributed by atoms with Gasteiger partial charge in [0, 0.05) is 12.6 Å². The minimum atomic E-state index is -1.56. The second-order valence-electron chi connectivity index (χ2n) is 3.91. The molecule has 1 aromatic carbocycles. The van der Waals surface area contributed by atoms with Crippen molar-refractivity contribution >= 4 is 0 Å². The molecule has 1 unspecified atom stereocenters. The molecule has 0 fully saturated rings. The highest BCUT2D eigenvalue weighted by molar-refractivity contribution is 5.29. The van der Waals surface area contributed by atoms with Crippen molar-refractivity contribution in [3.8, 4) is 5.75 Å². The lowest BCUT2D eigenvalue weighted by Crippen LogP contribution is -2.40. The van der Waals surface area contributed by atoms with Gasteiger partial charge in [0.2, 0.25) is 11.6 Å². The van der Waals surface area contributed by atoms with Crippen molar-refractivity contribution < 1.29 is 22.3 Å². The first-order chi connectivity index (χ1) is 7.84. The summed E-state index contributed by atoms with van der Waals surface area (Å²) in [6.07, 6.45) is 0.334. The van der Waals surface area contributed by atoms with Crippen molar-refractivity contribution in [1.82, 2.24) is 0 Å². The van der Waals surface area contributed by atoms with Crippen LogP contribution in [-0.4, -0.2) is 12.1 Å². The van der Waals surface area contributed by atoms with Gasteiger partial charge in [0.05, 0.1) is 0 Å². The first-order valence-electron chi connectivity index (χ1n) is 5.06. The minimum absolute atomic E-state index is 0.0412. The Hall–Kier alpha value is -1.30. The molecule has 0 bridgehead atoms. The quantitative estimate of drug-likeness (QED) is 0.659. The van der Waals surface area contributed by atoms with Crippen LogP contribution in [0.3, 0.4) is 0 Å². The molecule has 0 heterocycles. The molecule has 0 spiro atoms. The number of nitrogens with two attached hydrogens (primary N) is 1. The third kappa shape index (κ3) is 2.69. The molecule has 2 nitrogen and oxygen atoms in total. The van der Waals surface area contributed by atoms with Gasteiger partial charge in [0.25, 0.3) is 0 Å². The average Bonchev–Trinajstić information content (AvgIpc) is 2.32. The number of halogens is 4. The van der Waals surface area contributed by atoms with Crippen molar-refractivity contribution in [2.24, 2.45) is 5.73 Å². The Morgan fingerprint density at radius 3 is 2.00 bits per heavy atom. The zero-order chi connectivity index (χ0) is 13.2. The SMILES string of the molecule is CCC(C)(CN)Oc1c(F)c(F)cc(F)c1F. The fraction of sp³-hybridized carbons (Fsp3) is 0.455. The second-order valence-corrected chi connectivity index (χ2v) is 3.91. The molecule has 1 rings (SSSR count). The van der Waals surface area contributed by atoms with Crippen LogP contribution in [-0.2, 0) is 0 Å². The highest BCUT2D eigenvalue weighted by atomic mass is 19.2. The summed E-state index contributed by atoms with van der Waals surface area (Å²) in [5, 5.41) is 0. The number of rotatable bonds is 4. The summed E-state index contributed by atoms with van der Waals surface area (Å²) in [6, 6.07) is 0.128. The Bertz CT molecular complexity index is 392. The monoisotopic (exact) mass is 251 g/mol. The molecule has 0 aliphatic carbocycles. The molecule has 1 aromatic rings. The Morgan fingerprint density at radius 1 is 1.18 bits per heavy atom. The highest BCUT2D eigenvalue weighted by Crippen LogP contribution is 2.30. The van der Waals surface area contributed by atoms with E-state index in [0.717, 1.165) is 0 Å². The lowest BCUT2D eigenvalue weighted by Gasteiger charge is -2.28. The van der Waals surface area contributed by atoms with Crippen LogP contribution in [0.4, 0.5) is 17.6 Å². The molecule has 2 N–H and O–H groups in total. The summed E-state index contributed by atoms with van der Waals surface area (Å²) in [5.41, 5.74) is 4.30. The van der Waals surface area contributed by atoms with Crippen molar-refractivity contribution in [2.45, 2.75) is 25.9 Å². The smallest absolute Gasteiger partial charge is 0.203 e. The molecular weight excluding hydrogens is 238 g/mol. The van der Waals surface area contributed by atoms with Crippen molar-refractivity contribution in [1.29, 1.82) is 0 Å². The van der Waals surface area contributed by atoms with Gasteiger partial charge >= 0.3 is 0 Å². The van der Waals surface area contributed by atoms with Crippen LogP contribution in [0.25, 0.3) is 0 Å². The van der Waals surface area contributed by atoms with Crippen LogP contribution in [0, 0.1) is 23.3 Å². The zero-order valence-corrected chi connectivity index (χ0v) is 9.49. The van der Waals surface area contributed by atoms with Crippen molar-refractivity contribution in [3.05, 3.63) is 29.3 Å². The van der Waals surface area contributed by atoms with Crippen LogP contribution >= 0.6 is 0 Å². The number of ether oxygens (including phenoxy) is 1. The van der Waals surface area contributed by atoms with E-state index in [-0.39, 0.29) is 12.6 Å². The van der Waals surface area contributed by atoms with Crippen molar-refractivity contribution in [2.75, 3.05) is 6.54 Å². The molecule has 17 heavy (non-hydrogen) atoms. The van der Waals surface area contributed by atoms with E-state index in [1.54, 1.807) is 6.92 Å². The standard InChI is InChI=1S/C11H13F4NO/c1-3-11(2,5-16)17-10-8(14)6(12)4-7(13)9(10)15/h4H,3,5,16H2,1-2H3. The van der Waals surface area contributed by atoms with Gasteiger partial charge in [-0.3, -0.25) is 0 Å². The minimum Gasteiger partial charge on any atom is -0.480 e. The summed E-state index contributed by atoms with van der Waals surface area (Å²) >= 11 is 0. The first kappa shape index (κ1) is 13.8. The van der Waals surface area contributed by atoms with Crippen LogP contribution < -0.4 is 10.5 Å². The largest absolute Gasteiger partial charge is 0.480 e. The molecule has 0 aromatic heterocycles. The summed E-state index contributed by atoms with van der Waals surface area (Å²) in [5.74, 6) is -7.20. The highest BCUT2D eigenvalue weighted by Gasteiger charge is 2.28. The maximum absolute atomic E-state index is 13.3. The molecular formula is C11H13F4NO. The number of hydrogen-bond donors (Lipinski definition) is 1. The van der Waals surface area contributed by atoms with Gasteiger partial charge in [-0.1, -0.05) is 6.92 Å². The van der Waals surface area contributed by atoms with E-state index in [4.69, 9.17) is 10.5 Å². The van der Waals surface area contributed by atoms with E-state index in [9.17, 15) is 17.6 Å². The first-order valence-corrected chi connectivity index (χ1v) is 5.06. The maximum atomic E-state index is 13.3. The fourth-order valence-electron chi connectivity index (χ4n) is 1.15. The Morgan fingerprint density at radius 2 is 1.65 bits per heavy atom. The predicted molar refractivity (Wildman–Crippen MR) is 54.7 cm³/mol. The lowest BCUT2D eigenvalue weighted by atomic mass is 10.0. The Balaban J connectivity index is 3.22. The summed E-state index contributed by atoms with van der Waals surface area (Å²) in [6.45, 7) is 3.13. The second kappa shape index (κ2) is 4.91. The molecule has 0 aliphatic heterocycles. The van der Waals surface area contributed by atoms with Crippen LogP contribution in [0.5, 0.6) is 5.75 Å². The summed E-state index contributed by atoms with van der Waals surface area (Å²) in [7, 11) is 0. The molecule has 1 atom stereocenters. The van der Waals surface area contributed by atoms with Crippen molar-refractivity contribution in [3.63, 3.8) is 0 Å². The third-order valence-corrected chi connectivity index (χ3v) is 2.60. The van der Waals surface area contributed by atoms with Gasteiger partial charge in [0.15, 0.2) is 17.4 Å². The molecule has 6 heteroatoms. The topological polar surface area (TPSA) is 35.2 Å². The average molecular weight is 251 g/mol. The van der Waals surface area contributed by atoms with Crippen LogP contribution in [0.15, 0.2) is 6.07 Å². The van der Waals surface area contributed by atoms with E-state index in [1.807, 2.05) is 0 Å². The molecule has 0 aliphatic rings. The zero-order valence-electron chi connectivity index (χ0n) is 9.49. The molecule has 0 saturated heterocycles. The molecule has 96 valence electrons. The summed E-state index contributed by atoms with van der Waals surface area (Å²) in [4.78, 5) is 0. The number of hydrogen-bond acceptors (Lipinski definition) is 2. The Kier molecular flexibility index (Phi) is 3.98. The maximum Gasteiger partial charge on any atom is 0.203 e. The molecule has 0 amide bonds. The van der Waals surface area contributed by atoms with Crippen LogP contribution in [0.2, 0.25) is 0 Å². The number of benzene rings is 1. The molecule has 0 saturated carbocycles. The summed E-state index contributed by atoms with van der Waals surface area (Å²) < 4.78 is 57.4. The van der Waals surface area contributed by atoms with Gasteiger partial charge < -0.3 is 10.5 Å². The van der Waals surface area contributed by atoms with Gasteiger partial charge in [-0.25, -0.2) is 8.78 Å². The van der Waals surface area contributed by atoms with Crippen LogP contribution in [0.1, 0.15) is 20.3 Å². The van der Waals surface area contributed by atoms with E-state index in [2.05, 4.69) is 0 Å². The fourth-order valence-corrected chi connectivity index (χ4v) is 1.15. The lowest BCUT2D eigenvalue weighted by molar-refractivity contribution is 0.0803. The predicted octanol–water partition coefficient (Wildman–Crippen LogP) is 2.75. The van der Waals surface area contributed by atoms with Gasteiger partial charge in [0.1, 0.15) is 5.60 Å². The normalized spacial score (nSPS) is 14.5.